The van der Waals surface area contributed by atoms with Gasteiger partial charge in [0.25, 0.3) is 0 Å². The number of anilines is 2. The highest BCUT2D eigenvalue weighted by Gasteiger charge is 2.29. The highest BCUT2D eigenvalue weighted by molar-refractivity contribution is 7.89. The molecule has 21 heavy (non-hydrogen) atoms. The van der Waals surface area contributed by atoms with E-state index in [-0.39, 0.29) is 22.8 Å². The molecule has 8 heteroatoms. The van der Waals surface area contributed by atoms with Crippen molar-refractivity contribution in [3.8, 4) is 0 Å². The normalized spacial score (nSPS) is 23.0. The van der Waals surface area contributed by atoms with Gasteiger partial charge in [0.1, 0.15) is 0 Å². The van der Waals surface area contributed by atoms with Crippen molar-refractivity contribution in [1.29, 1.82) is 0 Å². The van der Waals surface area contributed by atoms with Crippen LogP contribution in [0.15, 0.2) is 23.1 Å². The third kappa shape index (κ3) is 3.27. The molecule has 1 saturated heterocycles. The van der Waals surface area contributed by atoms with Gasteiger partial charge in [-0.25, -0.2) is 13.6 Å². The maximum Gasteiger partial charge on any atom is 0.238 e. The molecular weight excluding hydrogens is 292 g/mol. The number of nitrogens with two attached hydrogens (primary N) is 3. The minimum Gasteiger partial charge on any atom is -0.397 e. The van der Waals surface area contributed by atoms with Crippen LogP contribution in [0.25, 0.3) is 0 Å². The number of carbonyl (C=O) groups excluding carboxylic acids is 1. The Bertz CT molecular complexity index is 659. The number of rotatable bonds is 3. The monoisotopic (exact) mass is 312 g/mol. The molecule has 2 atom stereocenters. The molecule has 1 aliphatic heterocycles. The van der Waals surface area contributed by atoms with E-state index in [2.05, 4.69) is 0 Å². The van der Waals surface area contributed by atoms with E-state index in [0.717, 1.165) is 12.8 Å². The Hall–Kier alpha value is -1.80. The number of piperidine rings is 1. The van der Waals surface area contributed by atoms with Gasteiger partial charge >= 0.3 is 0 Å². The average Bonchev–Trinajstić information content (AvgIpc) is 2.38. The third-order valence-corrected chi connectivity index (χ3v) is 4.83. The van der Waals surface area contributed by atoms with E-state index in [4.69, 9.17) is 16.6 Å². The summed E-state index contributed by atoms with van der Waals surface area (Å²) in [4.78, 5) is 13.3. The number of primary amides is 1. The fourth-order valence-corrected chi connectivity index (χ4v) is 3.19. The lowest BCUT2D eigenvalue weighted by Crippen LogP contribution is -2.46. The topological polar surface area (TPSA) is 133 Å². The van der Waals surface area contributed by atoms with E-state index < -0.39 is 10.0 Å². The summed E-state index contributed by atoms with van der Waals surface area (Å²) < 4.78 is 22.7. The number of primary sulfonamides is 1. The van der Waals surface area contributed by atoms with Crippen LogP contribution in [0.3, 0.4) is 0 Å². The summed E-state index contributed by atoms with van der Waals surface area (Å²) in [7, 11) is -3.78. The second kappa shape index (κ2) is 5.53. The second-order valence-electron chi connectivity index (χ2n) is 5.44. The number of benzene rings is 1. The lowest BCUT2D eigenvalue weighted by molar-refractivity contribution is -0.122. The van der Waals surface area contributed by atoms with Gasteiger partial charge in [-0.05, 0) is 38.0 Å². The maximum absolute atomic E-state index is 11.4. The van der Waals surface area contributed by atoms with Crippen LogP contribution in [-0.2, 0) is 14.8 Å². The van der Waals surface area contributed by atoms with Crippen LogP contribution in [0.2, 0.25) is 0 Å². The molecule has 0 aromatic heterocycles. The zero-order valence-corrected chi connectivity index (χ0v) is 12.6. The Morgan fingerprint density at radius 1 is 1.33 bits per heavy atom. The van der Waals surface area contributed by atoms with E-state index in [1.165, 1.54) is 12.1 Å². The van der Waals surface area contributed by atoms with Crippen molar-refractivity contribution in [2.45, 2.75) is 30.7 Å². The molecule has 1 aromatic carbocycles. The number of amides is 1. The molecule has 0 aliphatic carbocycles. The molecule has 1 aromatic rings. The van der Waals surface area contributed by atoms with E-state index in [9.17, 15) is 13.2 Å². The number of carbonyl (C=O) groups is 1. The number of sulfonamides is 1. The Labute approximate surface area is 124 Å². The van der Waals surface area contributed by atoms with Crippen molar-refractivity contribution < 1.29 is 13.2 Å². The smallest absolute Gasteiger partial charge is 0.238 e. The quantitative estimate of drug-likeness (QED) is 0.676. The van der Waals surface area contributed by atoms with Crippen molar-refractivity contribution in [3.63, 3.8) is 0 Å². The zero-order chi connectivity index (χ0) is 15.8. The van der Waals surface area contributed by atoms with Gasteiger partial charge in [0.15, 0.2) is 0 Å². The van der Waals surface area contributed by atoms with Gasteiger partial charge in [-0.3, -0.25) is 4.79 Å². The second-order valence-corrected chi connectivity index (χ2v) is 7.01. The first kappa shape index (κ1) is 15.6. The van der Waals surface area contributed by atoms with E-state index in [1.807, 2.05) is 11.8 Å². The minimum atomic E-state index is -3.78. The summed E-state index contributed by atoms with van der Waals surface area (Å²) in [5, 5.41) is 5.09. The third-order valence-electron chi connectivity index (χ3n) is 3.92. The highest BCUT2D eigenvalue weighted by atomic mass is 32.2. The predicted octanol–water partition coefficient (Wildman–Crippen LogP) is 0.00640. The molecule has 0 saturated carbocycles. The van der Waals surface area contributed by atoms with Crippen LogP contribution in [0, 0.1) is 5.92 Å². The number of nitrogens with zero attached hydrogens (tertiary/aromatic N) is 1. The van der Waals surface area contributed by atoms with Crippen LogP contribution in [0.4, 0.5) is 11.4 Å². The lowest BCUT2D eigenvalue weighted by atomic mass is 9.92. The van der Waals surface area contributed by atoms with Gasteiger partial charge < -0.3 is 16.4 Å². The largest absolute Gasteiger partial charge is 0.397 e. The lowest BCUT2D eigenvalue weighted by Gasteiger charge is -2.39. The first-order valence-corrected chi connectivity index (χ1v) is 8.23. The van der Waals surface area contributed by atoms with E-state index in [0.29, 0.717) is 17.9 Å². The summed E-state index contributed by atoms with van der Waals surface area (Å²) >= 11 is 0. The van der Waals surface area contributed by atoms with Crippen molar-refractivity contribution in [1.82, 2.24) is 0 Å². The van der Waals surface area contributed by atoms with Crippen LogP contribution < -0.4 is 21.5 Å². The first-order valence-electron chi connectivity index (χ1n) is 6.68. The summed E-state index contributed by atoms with van der Waals surface area (Å²) in [6.07, 6.45) is 1.58. The molecule has 1 heterocycles. The van der Waals surface area contributed by atoms with Gasteiger partial charge in [-0.15, -0.1) is 0 Å². The number of hydrogen-bond donors (Lipinski definition) is 3. The summed E-state index contributed by atoms with van der Waals surface area (Å²) in [5.74, 6) is -0.551. The maximum atomic E-state index is 11.4. The standard InChI is InChI=1S/C13H20N4O3S/c1-8-2-3-9(13(15)18)7-17(8)12-5-4-10(6-11(12)14)21(16,19)20/h4-6,8-9H,2-3,7,14H2,1H3,(H2,15,18)(H2,16,19,20). The summed E-state index contributed by atoms with van der Waals surface area (Å²) in [5.41, 5.74) is 12.3. The first-order chi connectivity index (χ1) is 9.70. The number of hydrogen-bond acceptors (Lipinski definition) is 5. The summed E-state index contributed by atoms with van der Waals surface area (Å²) in [6.45, 7) is 2.51. The molecule has 7 nitrogen and oxygen atoms in total. The molecule has 6 N–H and O–H groups in total. The van der Waals surface area contributed by atoms with E-state index in [1.54, 1.807) is 6.07 Å². The van der Waals surface area contributed by atoms with Crippen molar-refractivity contribution in [2.75, 3.05) is 17.2 Å². The molecule has 116 valence electrons. The van der Waals surface area contributed by atoms with Crippen LogP contribution in [0.5, 0.6) is 0 Å². The SMILES string of the molecule is CC1CCC(C(N)=O)CN1c1ccc(S(N)(=O)=O)cc1N. The molecule has 1 amide bonds. The van der Waals surface area contributed by atoms with E-state index >= 15 is 0 Å². The van der Waals surface area contributed by atoms with Gasteiger partial charge in [0.05, 0.1) is 22.2 Å². The Morgan fingerprint density at radius 2 is 2.00 bits per heavy atom. The summed E-state index contributed by atoms with van der Waals surface area (Å²) in [6, 6.07) is 4.57. The fraction of sp³-hybridized carbons (Fsp3) is 0.462. The molecule has 1 aliphatic rings. The zero-order valence-electron chi connectivity index (χ0n) is 11.8. The molecule has 0 radical (unpaired) electrons. The highest BCUT2D eigenvalue weighted by Crippen LogP contribution is 2.32. The van der Waals surface area contributed by atoms with Crippen molar-refractivity contribution in [3.05, 3.63) is 18.2 Å². The van der Waals surface area contributed by atoms with Gasteiger partial charge in [0, 0.05) is 12.6 Å². The van der Waals surface area contributed by atoms with Gasteiger partial charge in [-0.1, -0.05) is 0 Å². The molecule has 0 bridgehead atoms. The van der Waals surface area contributed by atoms with Gasteiger partial charge in [0.2, 0.25) is 15.9 Å². The fourth-order valence-electron chi connectivity index (χ4n) is 2.65. The van der Waals surface area contributed by atoms with Crippen LogP contribution in [0.1, 0.15) is 19.8 Å². The van der Waals surface area contributed by atoms with Gasteiger partial charge in [-0.2, -0.15) is 0 Å². The van der Waals surface area contributed by atoms with Crippen molar-refractivity contribution in [2.24, 2.45) is 16.8 Å². The molecule has 1 fully saturated rings. The predicted molar refractivity (Wildman–Crippen MR) is 81.0 cm³/mol. The minimum absolute atomic E-state index is 0.0279. The Balaban J connectivity index is 2.34. The molecule has 2 rings (SSSR count). The molecular formula is C13H20N4O3S. The molecule has 0 spiro atoms. The number of nitrogen functional groups attached to an aromatic ring is 1. The average molecular weight is 312 g/mol. The van der Waals surface area contributed by atoms with Crippen molar-refractivity contribution >= 4 is 27.3 Å². The Morgan fingerprint density at radius 3 is 2.52 bits per heavy atom. The van der Waals surface area contributed by atoms with Crippen LogP contribution in [-0.4, -0.2) is 26.9 Å². The Kier molecular flexibility index (Phi) is 4.11. The molecule has 2 unspecified atom stereocenters. The van der Waals surface area contributed by atoms with Crippen LogP contribution >= 0.6 is 0 Å².